The largest absolute Gasteiger partial charge is 0.339 e. The number of piperidine rings is 1. The Kier molecular flexibility index (Phi) is 5.28. The van der Waals surface area contributed by atoms with Gasteiger partial charge in [-0.2, -0.15) is 9.29 Å². The molecule has 1 saturated heterocycles. The van der Waals surface area contributed by atoms with Gasteiger partial charge in [-0.25, -0.2) is 8.42 Å². The van der Waals surface area contributed by atoms with Gasteiger partial charge in [0.05, 0.1) is 11.3 Å². The van der Waals surface area contributed by atoms with Crippen molar-refractivity contribution in [2.75, 3.05) is 13.1 Å². The Balaban J connectivity index is 1.51. The van der Waals surface area contributed by atoms with Gasteiger partial charge in [0.2, 0.25) is 21.7 Å². The molecule has 0 unspecified atom stereocenters. The fourth-order valence-electron chi connectivity index (χ4n) is 3.45. The van der Waals surface area contributed by atoms with E-state index in [1.807, 2.05) is 31.2 Å². The fraction of sp³-hybridized carbons (Fsp3) is 0.333. The van der Waals surface area contributed by atoms with Crippen LogP contribution in [-0.2, 0) is 16.4 Å². The lowest BCUT2D eigenvalue weighted by molar-refractivity contribution is 0.346. The predicted octanol–water partition coefficient (Wildman–Crippen LogP) is 3.81. The molecule has 146 valence electrons. The molecule has 0 saturated carbocycles. The lowest BCUT2D eigenvalue weighted by Crippen LogP contribution is -2.35. The van der Waals surface area contributed by atoms with E-state index in [0.29, 0.717) is 36.1 Å². The Hall–Kier alpha value is -2.51. The van der Waals surface area contributed by atoms with E-state index in [-0.39, 0.29) is 0 Å². The molecule has 0 N–H and O–H groups in total. The maximum atomic E-state index is 12.8. The zero-order valence-electron chi connectivity index (χ0n) is 15.8. The minimum Gasteiger partial charge on any atom is -0.339 e. The first-order valence-corrected chi connectivity index (χ1v) is 11.0. The number of hydrogen-bond donors (Lipinski definition) is 0. The predicted molar refractivity (Wildman–Crippen MR) is 106 cm³/mol. The Labute approximate surface area is 165 Å². The van der Waals surface area contributed by atoms with Gasteiger partial charge in [0.1, 0.15) is 0 Å². The second kappa shape index (κ2) is 7.85. The summed E-state index contributed by atoms with van der Waals surface area (Å²) in [5.74, 6) is 1.000. The van der Waals surface area contributed by atoms with E-state index in [2.05, 4.69) is 10.1 Å². The van der Waals surface area contributed by atoms with Crippen LogP contribution in [-0.4, -0.2) is 36.0 Å². The number of hydrogen-bond acceptors (Lipinski definition) is 5. The second-order valence-electron chi connectivity index (χ2n) is 7.10. The maximum Gasteiger partial charge on any atom is 0.243 e. The van der Waals surface area contributed by atoms with Crippen LogP contribution in [0.3, 0.4) is 0 Å². The van der Waals surface area contributed by atoms with Gasteiger partial charge in [0.15, 0.2) is 0 Å². The van der Waals surface area contributed by atoms with Crippen molar-refractivity contribution in [2.45, 2.75) is 37.5 Å². The van der Waals surface area contributed by atoms with E-state index in [4.69, 9.17) is 4.52 Å². The summed E-state index contributed by atoms with van der Waals surface area (Å²) in [6.07, 6.45) is 3.50. The Bertz CT molecular complexity index is 1050. The molecule has 1 aromatic heterocycles. The molecule has 0 spiro atoms. The summed E-state index contributed by atoms with van der Waals surface area (Å²) in [5, 5.41) is 4.05. The molecule has 0 aliphatic carbocycles. The number of benzene rings is 2. The highest BCUT2D eigenvalue weighted by molar-refractivity contribution is 7.89. The molecule has 4 rings (SSSR count). The van der Waals surface area contributed by atoms with Crippen molar-refractivity contribution in [3.05, 3.63) is 65.5 Å². The van der Waals surface area contributed by atoms with Crippen molar-refractivity contribution in [1.82, 2.24) is 14.4 Å². The molecule has 1 aliphatic rings. The Morgan fingerprint density at radius 1 is 1.00 bits per heavy atom. The van der Waals surface area contributed by atoms with Crippen molar-refractivity contribution in [3.8, 4) is 11.4 Å². The number of aromatic nitrogens is 2. The molecule has 2 heterocycles. The van der Waals surface area contributed by atoms with Crippen LogP contribution in [0.25, 0.3) is 11.4 Å². The standard InChI is InChI=1S/C21H23N3O3S/c1-16-7-3-4-8-18(16)15-20-22-21(23-27-20)17-9-11-19(12-10-17)28(25,26)24-13-5-2-6-14-24/h3-4,7-12H,2,5-6,13-15H2,1H3. The van der Waals surface area contributed by atoms with E-state index < -0.39 is 10.0 Å². The van der Waals surface area contributed by atoms with Gasteiger partial charge in [0, 0.05) is 18.7 Å². The Morgan fingerprint density at radius 2 is 1.71 bits per heavy atom. The molecular weight excluding hydrogens is 374 g/mol. The summed E-state index contributed by atoms with van der Waals surface area (Å²) < 4.78 is 32.5. The van der Waals surface area contributed by atoms with Crippen LogP contribution in [0.2, 0.25) is 0 Å². The molecular formula is C21H23N3O3S. The molecule has 1 fully saturated rings. The van der Waals surface area contributed by atoms with Crippen LogP contribution in [0, 0.1) is 6.92 Å². The van der Waals surface area contributed by atoms with Crippen molar-refractivity contribution >= 4 is 10.0 Å². The highest BCUT2D eigenvalue weighted by atomic mass is 32.2. The van der Waals surface area contributed by atoms with Crippen molar-refractivity contribution in [2.24, 2.45) is 0 Å². The van der Waals surface area contributed by atoms with E-state index in [1.54, 1.807) is 28.6 Å². The highest BCUT2D eigenvalue weighted by Gasteiger charge is 2.25. The van der Waals surface area contributed by atoms with E-state index in [0.717, 1.165) is 30.4 Å². The van der Waals surface area contributed by atoms with Crippen LogP contribution in [0.5, 0.6) is 0 Å². The summed E-state index contributed by atoms with van der Waals surface area (Å²) >= 11 is 0. The first-order chi connectivity index (χ1) is 13.5. The monoisotopic (exact) mass is 397 g/mol. The molecule has 0 bridgehead atoms. The molecule has 6 nitrogen and oxygen atoms in total. The zero-order valence-corrected chi connectivity index (χ0v) is 16.7. The van der Waals surface area contributed by atoms with Gasteiger partial charge in [-0.05, 0) is 55.2 Å². The van der Waals surface area contributed by atoms with Crippen LogP contribution in [0.1, 0.15) is 36.3 Å². The Morgan fingerprint density at radius 3 is 2.43 bits per heavy atom. The third-order valence-electron chi connectivity index (χ3n) is 5.14. The van der Waals surface area contributed by atoms with Crippen LogP contribution in [0.4, 0.5) is 0 Å². The highest BCUT2D eigenvalue weighted by Crippen LogP contribution is 2.24. The third kappa shape index (κ3) is 3.86. The lowest BCUT2D eigenvalue weighted by atomic mass is 10.1. The topological polar surface area (TPSA) is 76.3 Å². The first kappa shape index (κ1) is 18.8. The van der Waals surface area contributed by atoms with E-state index >= 15 is 0 Å². The normalized spacial score (nSPS) is 15.6. The van der Waals surface area contributed by atoms with Crippen molar-refractivity contribution in [1.29, 1.82) is 0 Å². The number of nitrogens with zero attached hydrogens (tertiary/aromatic N) is 3. The lowest BCUT2D eigenvalue weighted by Gasteiger charge is -2.25. The van der Waals surface area contributed by atoms with Gasteiger partial charge >= 0.3 is 0 Å². The minimum absolute atomic E-state index is 0.307. The van der Waals surface area contributed by atoms with Crippen molar-refractivity contribution in [3.63, 3.8) is 0 Å². The molecule has 7 heteroatoms. The van der Waals surface area contributed by atoms with Gasteiger partial charge in [-0.15, -0.1) is 0 Å². The van der Waals surface area contributed by atoms with Gasteiger partial charge in [-0.3, -0.25) is 0 Å². The SMILES string of the molecule is Cc1ccccc1Cc1nc(-c2ccc(S(=O)(=O)N3CCCCC3)cc2)no1. The quantitative estimate of drug-likeness (QED) is 0.654. The van der Waals surface area contributed by atoms with Crippen LogP contribution < -0.4 is 0 Å². The molecule has 1 aliphatic heterocycles. The number of rotatable bonds is 5. The smallest absolute Gasteiger partial charge is 0.243 e. The van der Waals surface area contributed by atoms with Gasteiger partial charge < -0.3 is 4.52 Å². The molecule has 0 amide bonds. The average molecular weight is 398 g/mol. The molecule has 2 aromatic carbocycles. The molecule has 0 radical (unpaired) electrons. The summed E-state index contributed by atoms with van der Waals surface area (Å²) in [4.78, 5) is 4.77. The van der Waals surface area contributed by atoms with Gasteiger partial charge in [-0.1, -0.05) is 35.8 Å². The first-order valence-electron chi connectivity index (χ1n) is 9.52. The molecule has 28 heavy (non-hydrogen) atoms. The average Bonchev–Trinajstić information content (AvgIpc) is 3.19. The summed E-state index contributed by atoms with van der Waals surface area (Å²) in [5.41, 5.74) is 3.05. The molecule has 3 aromatic rings. The van der Waals surface area contributed by atoms with Crippen molar-refractivity contribution < 1.29 is 12.9 Å². The van der Waals surface area contributed by atoms with Crippen LogP contribution >= 0.6 is 0 Å². The van der Waals surface area contributed by atoms with E-state index in [9.17, 15) is 8.42 Å². The number of aryl methyl sites for hydroxylation is 1. The zero-order chi connectivity index (χ0) is 19.6. The minimum atomic E-state index is -3.43. The fourth-order valence-corrected chi connectivity index (χ4v) is 4.96. The second-order valence-corrected chi connectivity index (χ2v) is 9.04. The summed E-state index contributed by atoms with van der Waals surface area (Å²) in [7, 11) is -3.43. The van der Waals surface area contributed by atoms with Gasteiger partial charge in [0.25, 0.3) is 0 Å². The molecule has 0 atom stereocenters. The summed E-state index contributed by atoms with van der Waals surface area (Å²) in [6, 6.07) is 14.8. The number of sulfonamides is 1. The third-order valence-corrected chi connectivity index (χ3v) is 7.05. The maximum absolute atomic E-state index is 12.8. The summed E-state index contributed by atoms with van der Waals surface area (Å²) in [6.45, 7) is 3.24. The van der Waals surface area contributed by atoms with Crippen LogP contribution in [0.15, 0.2) is 57.9 Å². The van der Waals surface area contributed by atoms with E-state index in [1.165, 1.54) is 5.56 Å².